The molecule has 0 unspecified atom stereocenters. The van der Waals surface area contributed by atoms with Gasteiger partial charge in [-0.15, -0.1) is 0 Å². The Hall–Kier alpha value is -2.34. The van der Waals surface area contributed by atoms with Crippen molar-refractivity contribution in [3.05, 3.63) is 29.3 Å². The molecule has 1 aliphatic rings. The highest BCUT2D eigenvalue weighted by atomic mass is 19.4. The summed E-state index contributed by atoms with van der Waals surface area (Å²) in [4.78, 5) is 23.4. The van der Waals surface area contributed by atoms with Crippen molar-refractivity contribution < 1.29 is 45.4 Å². The fraction of sp³-hybridized carbons (Fsp3) is 0.467. The van der Waals surface area contributed by atoms with E-state index in [0.29, 0.717) is 18.7 Å². The molecule has 2 N–H and O–H groups in total. The van der Waals surface area contributed by atoms with Crippen LogP contribution in [0.5, 0.6) is 0 Å². The van der Waals surface area contributed by atoms with Gasteiger partial charge in [0.25, 0.3) is 0 Å². The number of halogens is 6. The van der Waals surface area contributed by atoms with Gasteiger partial charge in [0.2, 0.25) is 0 Å². The molecule has 27 heavy (non-hydrogen) atoms. The lowest BCUT2D eigenvalue weighted by Crippen LogP contribution is -2.43. The Labute approximate surface area is 148 Å². The average Bonchev–Trinajstić information content (AvgIpc) is 2.58. The maximum atomic E-state index is 12.8. The van der Waals surface area contributed by atoms with E-state index in [4.69, 9.17) is 9.47 Å². The first-order chi connectivity index (χ1) is 12.5. The number of nitrogens with one attached hydrogen (secondary N) is 2. The van der Waals surface area contributed by atoms with Crippen LogP contribution in [0.3, 0.4) is 0 Å². The lowest BCUT2D eigenvalue weighted by molar-refractivity contribution is -0.143. The smallest absolute Gasteiger partial charge is 0.376 e. The third-order valence-electron chi connectivity index (χ3n) is 3.43. The zero-order chi connectivity index (χ0) is 20.2. The van der Waals surface area contributed by atoms with Crippen molar-refractivity contribution in [3.8, 4) is 0 Å². The highest BCUT2D eigenvalue weighted by molar-refractivity contribution is 6.39. The first-order valence-corrected chi connectivity index (χ1v) is 7.55. The van der Waals surface area contributed by atoms with E-state index in [0.717, 1.165) is 0 Å². The maximum absolute atomic E-state index is 12.8. The molecule has 0 bridgehead atoms. The summed E-state index contributed by atoms with van der Waals surface area (Å²) in [5, 5.41) is 3.89. The molecule has 1 saturated heterocycles. The Kier molecular flexibility index (Phi) is 6.31. The Morgan fingerprint density at radius 2 is 1.56 bits per heavy atom. The number of carbonyl (C=O) groups is 2. The van der Waals surface area contributed by atoms with E-state index in [9.17, 15) is 35.9 Å². The summed E-state index contributed by atoms with van der Waals surface area (Å²) >= 11 is 0. The molecule has 2 rings (SSSR count). The summed E-state index contributed by atoms with van der Waals surface area (Å²) in [5.41, 5.74) is -4.03. The van der Waals surface area contributed by atoms with Gasteiger partial charge in [0.15, 0.2) is 0 Å². The van der Waals surface area contributed by atoms with E-state index in [1.165, 1.54) is 0 Å². The predicted molar refractivity (Wildman–Crippen MR) is 78.6 cm³/mol. The second kappa shape index (κ2) is 8.13. The summed E-state index contributed by atoms with van der Waals surface area (Å²) in [5.74, 6) is -2.66. The number of hydrogen-bond acceptors (Lipinski definition) is 4. The average molecular weight is 400 g/mol. The first-order valence-electron chi connectivity index (χ1n) is 7.55. The van der Waals surface area contributed by atoms with Crippen LogP contribution in [0.1, 0.15) is 11.1 Å². The van der Waals surface area contributed by atoms with Gasteiger partial charge in [0.1, 0.15) is 0 Å². The normalized spacial score (nSPS) is 18.1. The van der Waals surface area contributed by atoms with Crippen molar-refractivity contribution in [1.29, 1.82) is 0 Å². The van der Waals surface area contributed by atoms with Crippen LogP contribution < -0.4 is 10.6 Å². The lowest BCUT2D eigenvalue weighted by atomic mass is 10.1. The number of anilines is 1. The van der Waals surface area contributed by atoms with E-state index in [-0.39, 0.29) is 25.8 Å². The summed E-state index contributed by atoms with van der Waals surface area (Å²) in [6, 6.07) is 0.521. The van der Waals surface area contributed by atoms with Gasteiger partial charge in [-0.2, -0.15) is 26.3 Å². The van der Waals surface area contributed by atoms with Crippen molar-refractivity contribution >= 4 is 17.5 Å². The van der Waals surface area contributed by atoms with Gasteiger partial charge < -0.3 is 20.1 Å². The van der Waals surface area contributed by atoms with Crippen LogP contribution >= 0.6 is 0 Å². The second-order valence-electron chi connectivity index (χ2n) is 5.53. The molecular weight excluding hydrogens is 386 g/mol. The van der Waals surface area contributed by atoms with Crippen LogP contribution in [-0.2, 0) is 31.4 Å². The molecule has 0 radical (unpaired) electrons. The molecule has 150 valence electrons. The molecule has 1 aromatic carbocycles. The van der Waals surface area contributed by atoms with Gasteiger partial charge in [-0.25, -0.2) is 0 Å². The van der Waals surface area contributed by atoms with Crippen LogP contribution in [0, 0.1) is 0 Å². The second-order valence-corrected chi connectivity index (χ2v) is 5.53. The standard InChI is InChI=1S/C15H14F6N2O4/c16-14(17,18)8-3-9(15(19,20)21)5-10(4-8)23-13(25)12(24)22-6-11-7-26-1-2-27-11/h3-5,11H,1-2,6-7H2,(H,22,24)(H,23,25)/t11-/m0/s1. The molecule has 1 aliphatic heterocycles. The van der Waals surface area contributed by atoms with Crippen LogP contribution in [0.4, 0.5) is 32.0 Å². The number of carbonyl (C=O) groups excluding carboxylic acids is 2. The van der Waals surface area contributed by atoms with E-state index in [1.54, 1.807) is 5.32 Å². The highest BCUT2D eigenvalue weighted by Crippen LogP contribution is 2.37. The molecule has 0 aromatic heterocycles. The van der Waals surface area contributed by atoms with E-state index in [1.807, 2.05) is 0 Å². The van der Waals surface area contributed by atoms with Gasteiger partial charge in [0.05, 0.1) is 37.1 Å². The number of ether oxygens (including phenoxy) is 2. The Morgan fingerprint density at radius 1 is 0.963 bits per heavy atom. The minimum atomic E-state index is -5.07. The SMILES string of the molecule is O=C(NC[C@H]1COCCO1)C(=O)Nc1cc(C(F)(F)F)cc(C(F)(F)F)c1. The Morgan fingerprint density at radius 3 is 2.04 bits per heavy atom. The molecule has 6 nitrogen and oxygen atoms in total. The summed E-state index contributed by atoms with van der Waals surface area (Å²) in [6.07, 6.45) is -10.6. The summed E-state index contributed by atoms with van der Waals surface area (Å²) in [6.45, 7) is 0.728. The highest BCUT2D eigenvalue weighted by Gasteiger charge is 2.37. The van der Waals surface area contributed by atoms with Crippen molar-refractivity contribution in [2.24, 2.45) is 0 Å². The molecule has 1 heterocycles. The summed E-state index contributed by atoms with van der Waals surface area (Å²) in [7, 11) is 0. The molecule has 0 aliphatic carbocycles. The number of rotatable bonds is 3. The van der Waals surface area contributed by atoms with Gasteiger partial charge in [-0.3, -0.25) is 9.59 Å². The lowest BCUT2D eigenvalue weighted by Gasteiger charge is -2.22. The molecule has 0 spiro atoms. The topological polar surface area (TPSA) is 76.7 Å². The molecule has 0 saturated carbocycles. The van der Waals surface area contributed by atoms with E-state index in [2.05, 4.69) is 5.32 Å². The van der Waals surface area contributed by atoms with Gasteiger partial charge in [0, 0.05) is 12.2 Å². The zero-order valence-electron chi connectivity index (χ0n) is 13.5. The van der Waals surface area contributed by atoms with Gasteiger partial charge >= 0.3 is 24.2 Å². The van der Waals surface area contributed by atoms with E-state index < -0.39 is 47.1 Å². The van der Waals surface area contributed by atoms with E-state index >= 15 is 0 Å². The van der Waals surface area contributed by atoms with Crippen LogP contribution in [0.15, 0.2) is 18.2 Å². The molecular formula is C15H14F6N2O4. The molecule has 1 atom stereocenters. The molecule has 2 amide bonds. The van der Waals surface area contributed by atoms with Crippen molar-refractivity contribution in [2.45, 2.75) is 18.5 Å². The minimum absolute atomic E-state index is 0.0872. The number of hydrogen-bond donors (Lipinski definition) is 2. The molecule has 12 heteroatoms. The maximum Gasteiger partial charge on any atom is 0.416 e. The number of benzene rings is 1. The predicted octanol–water partition coefficient (Wildman–Crippen LogP) is 2.19. The van der Waals surface area contributed by atoms with Gasteiger partial charge in [-0.1, -0.05) is 0 Å². The fourth-order valence-corrected chi connectivity index (χ4v) is 2.16. The quantitative estimate of drug-likeness (QED) is 0.603. The third-order valence-corrected chi connectivity index (χ3v) is 3.43. The van der Waals surface area contributed by atoms with Crippen LogP contribution in [0.25, 0.3) is 0 Å². The zero-order valence-corrected chi connectivity index (χ0v) is 13.5. The first kappa shape index (κ1) is 21.0. The Bertz CT molecular complexity index is 666. The monoisotopic (exact) mass is 400 g/mol. The van der Waals surface area contributed by atoms with Crippen molar-refractivity contribution in [2.75, 3.05) is 31.7 Å². The number of alkyl halides is 6. The van der Waals surface area contributed by atoms with Crippen LogP contribution in [0.2, 0.25) is 0 Å². The van der Waals surface area contributed by atoms with Crippen LogP contribution in [-0.4, -0.2) is 44.3 Å². The fourth-order valence-electron chi connectivity index (χ4n) is 2.16. The molecule has 1 aromatic rings. The van der Waals surface area contributed by atoms with Crippen molar-refractivity contribution in [3.63, 3.8) is 0 Å². The largest absolute Gasteiger partial charge is 0.416 e. The molecule has 1 fully saturated rings. The van der Waals surface area contributed by atoms with Gasteiger partial charge in [-0.05, 0) is 18.2 Å². The van der Waals surface area contributed by atoms with Crippen molar-refractivity contribution in [1.82, 2.24) is 5.32 Å². The summed E-state index contributed by atoms with van der Waals surface area (Å²) < 4.78 is 86.9. The third kappa shape index (κ3) is 6.10. The minimum Gasteiger partial charge on any atom is -0.376 e. The number of amides is 2. The Balaban J connectivity index is 2.08.